The zero-order chi connectivity index (χ0) is 14.4. The maximum Gasteiger partial charge on any atom is 0.239 e. The van der Waals surface area contributed by atoms with Gasteiger partial charge in [0.1, 0.15) is 5.75 Å². The van der Waals surface area contributed by atoms with E-state index < -0.39 is 0 Å². The fraction of sp³-hybridized carbons (Fsp3) is 0.562. The predicted octanol–water partition coefficient (Wildman–Crippen LogP) is 2.61. The van der Waals surface area contributed by atoms with E-state index in [1.807, 2.05) is 36.1 Å². The number of amides is 1. The van der Waals surface area contributed by atoms with Gasteiger partial charge in [0.15, 0.2) is 0 Å². The van der Waals surface area contributed by atoms with E-state index in [2.05, 4.69) is 5.32 Å². The number of hydrogen-bond acceptors (Lipinski definition) is 3. The van der Waals surface area contributed by atoms with Gasteiger partial charge in [0.05, 0.1) is 13.2 Å². The smallest absolute Gasteiger partial charge is 0.239 e. The molecule has 1 aromatic carbocycles. The second-order valence-corrected chi connectivity index (χ2v) is 5.20. The van der Waals surface area contributed by atoms with Gasteiger partial charge >= 0.3 is 0 Å². The number of ether oxygens (including phenoxy) is 1. The van der Waals surface area contributed by atoms with Crippen molar-refractivity contribution in [3.8, 4) is 5.75 Å². The van der Waals surface area contributed by atoms with Crippen LogP contribution in [0, 0.1) is 0 Å². The summed E-state index contributed by atoms with van der Waals surface area (Å²) >= 11 is 0. The Kier molecular flexibility index (Phi) is 7.54. The highest BCUT2D eigenvalue weighted by Crippen LogP contribution is 2.15. The normalized spacial score (nSPS) is 17.7. The van der Waals surface area contributed by atoms with Gasteiger partial charge < -0.3 is 15.0 Å². The summed E-state index contributed by atoms with van der Waals surface area (Å²) in [5, 5.41) is 3.33. The summed E-state index contributed by atoms with van der Waals surface area (Å²) in [6, 6.07) is 7.91. The van der Waals surface area contributed by atoms with Crippen LogP contribution in [0.15, 0.2) is 24.3 Å². The molecule has 0 spiro atoms. The second kappa shape index (κ2) is 8.90. The third-order valence-electron chi connectivity index (χ3n) is 3.83. The van der Waals surface area contributed by atoms with Gasteiger partial charge in [-0.15, -0.1) is 12.4 Å². The first-order valence-electron chi connectivity index (χ1n) is 7.39. The van der Waals surface area contributed by atoms with Gasteiger partial charge in [-0.25, -0.2) is 0 Å². The molecule has 1 fully saturated rings. The van der Waals surface area contributed by atoms with Gasteiger partial charge in [0.2, 0.25) is 5.91 Å². The van der Waals surface area contributed by atoms with Crippen molar-refractivity contribution in [1.29, 1.82) is 0 Å². The van der Waals surface area contributed by atoms with Crippen LogP contribution in [0.5, 0.6) is 5.75 Å². The molecule has 1 atom stereocenters. The molecule has 1 aliphatic heterocycles. The first-order chi connectivity index (χ1) is 9.74. The predicted molar refractivity (Wildman–Crippen MR) is 87.0 cm³/mol. The second-order valence-electron chi connectivity index (χ2n) is 5.20. The molecule has 1 heterocycles. The molecule has 0 bridgehead atoms. The average molecular weight is 313 g/mol. The third-order valence-corrected chi connectivity index (χ3v) is 3.83. The van der Waals surface area contributed by atoms with E-state index in [0.29, 0.717) is 6.54 Å². The molecular weight excluding hydrogens is 288 g/mol. The van der Waals surface area contributed by atoms with Crippen molar-refractivity contribution in [2.75, 3.05) is 20.2 Å². The number of benzene rings is 1. The van der Waals surface area contributed by atoms with Crippen molar-refractivity contribution in [2.45, 2.75) is 38.8 Å². The van der Waals surface area contributed by atoms with Crippen LogP contribution in [-0.2, 0) is 11.3 Å². The lowest BCUT2D eigenvalue weighted by Crippen LogP contribution is -2.48. The molecule has 0 saturated carbocycles. The van der Waals surface area contributed by atoms with Crippen LogP contribution < -0.4 is 10.1 Å². The van der Waals surface area contributed by atoms with Gasteiger partial charge in [-0.1, -0.05) is 18.6 Å². The standard InChI is InChI=1S/C16H24N2O2.ClH/c1-3-18(16(19)15-6-4-5-11-17-15)12-13-7-9-14(20-2)10-8-13;/h7-10,15,17H,3-6,11-12H2,1-2H3;1H/t15-;/m0./s1. The van der Waals surface area contributed by atoms with E-state index in [-0.39, 0.29) is 24.4 Å². The number of hydrogen-bond donors (Lipinski definition) is 1. The van der Waals surface area contributed by atoms with Crippen LogP contribution in [0.2, 0.25) is 0 Å². The summed E-state index contributed by atoms with van der Waals surface area (Å²) in [7, 11) is 1.66. The summed E-state index contributed by atoms with van der Waals surface area (Å²) in [5.41, 5.74) is 1.14. The zero-order valence-electron chi connectivity index (χ0n) is 12.8. The highest BCUT2D eigenvalue weighted by atomic mass is 35.5. The average Bonchev–Trinajstić information content (AvgIpc) is 2.53. The number of rotatable bonds is 5. The fourth-order valence-electron chi connectivity index (χ4n) is 2.58. The maximum atomic E-state index is 12.5. The fourth-order valence-corrected chi connectivity index (χ4v) is 2.58. The van der Waals surface area contributed by atoms with Crippen LogP contribution in [0.3, 0.4) is 0 Å². The number of likely N-dealkylation sites (N-methyl/N-ethyl adjacent to an activating group) is 1. The van der Waals surface area contributed by atoms with E-state index in [0.717, 1.165) is 37.2 Å². The number of methoxy groups -OCH3 is 1. The van der Waals surface area contributed by atoms with Gasteiger partial charge in [0.25, 0.3) is 0 Å². The van der Waals surface area contributed by atoms with E-state index >= 15 is 0 Å². The van der Waals surface area contributed by atoms with Crippen molar-refractivity contribution >= 4 is 18.3 Å². The van der Waals surface area contributed by atoms with Crippen LogP contribution in [0.25, 0.3) is 0 Å². The highest BCUT2D eigenvalue weighted by molar-refractivity contribution is 5.85. The molecule has 1 amide bonds. The van der Waals surface area contributed by atoms with Crippen molar-refractivity contribution in [3.63, 3.8) is 0 Å². The third kappa shape index (κ3) is 4.90. The van der Waals surface area contributed by atoms with E-state index in [4.69, 9.17) is 4.74 Å². The molecule has 21 heavy (non-hydrogen) atoms. The highest BCUT2D eigenvalue weighted by Gasteiger charge is 2.24. The van der Waals surface area contributed by atoms with Crippen LogP contribution in [0.4, 0.5) is 0 Å². The van der Waals surface area contributed by atoms with Crippen LogP contribution in [0.1, 0.15) is 31.7 Å². The summed E-state index contributed by atoms with van der Waals surface area (Å²) in [6.07, 6.45) is 3.27. The molecule has 0 radical (unpaired) electrons. The molecule has 1 aromatic rings. The lowest BCUT2D eigenvalue weighted by Gasteiger charge is -2.29. The van der Waals surface area contributed by atoms with Crippen LogP contribution in [-0.4, -0.2) is 37.0 Å². The Morgan fingerprint density at radius 2 is 2.05 bits per heavy atom. The Morgan fingerprint density at radius 3 is 2.57 bits per heavy atom. The Hall–Kier alpha value is -1.26. The number of nitrogens with zero attached hydrogens (tertiary/aromatic N) is 1. The van der Waals surface area contributed by atoms with Crippen molar-refractivity contribution in [3.05, 3.63) is 29.8 Å². The molecule has 0 aliphatic carbocycles. The lowest BCUT2D eigenvalue weighted by molar-refractivity contribution is -0.134. The minimum Gasteiger partial charge on any atom is -0.497 e. The van der Waals surface area contributed by atoms with E-state index in [1.165, 1.54) is 6.42 Å². The molecule has 1 saturated heterocycles. The van der Waals surface area contributed by atoms with Gasteiger partial charge in [-0.05, 0) is 44.0 Å². The Labute approximate surface area is 133 Å². The summed E-state index contributed by atoms with van der Waals surface area (Å²) < 4.78 is 5.15. The van der Waals surface area contributed by atoms with Crippen LogP contribution >= 0.6 is 12.4 Å². The number of carbonyl (C=O) groups is 1. The zero-order valence-corrected chi connectivity index (χ0v) is 13.6. The van der Waals surface area contributed by atoms with E-state index in [1.54, 1.807) is 7.11 Å². The Bertz CT molecular complexity index is 430. The SMILES string of the molecule is CCN(Cc1ccc(OC)cc1)C(=O)[C@@H]1CCCCN1.Cl. The molecule has 1 aliphatic rings. The molecule has 1 N–H and O–H groups in total. The van der Waals surface area contributed by atoms with Crippen molar-refractivity contribution in [1.82, 2.24) is 10.2 Å². The maximum absolute atomic E-state index is 12.5. The quantitative estimate of drug-likeness (QED) is 0.908. The number of halogens is 1. The van der Waals surface area contributed by atoms with Gasteiger partial charge in [0, 0.05) is 13.1 Å². The molecule has 0 unspecified atom stereocenters. The molecule has 0 aromatic heterocycles. The Morgan fingerprint density at radius 1 is 1.33 bits per heavy atom. The Balaban J connectivity index is 0.00000220. The summed E-state index contributed by atoms with van der Waals surface area (Å²) in [5.74, 6) is 1.07. The minimum atomic E-state index is 0. The minimum absolute atomic E-state index is 0. The number of nitrogens with one attached hydrogen (secondary N) is 1. The molecule has 4 nitrogen and oxygen atoms in total. The number of piperidine rings is 1. The molecule has 5 heteroatoms. The summed E-state index contributed by atoms with van der Waals surface area (Å²) in [4.78, 5) is 14.4. The number of carbonyl (C=O) groups excluding carboxylic acids is 1. The first-order valence-corrected chi connectivity index (χ1v) is 7.39. The lowest BCUT2D eigenvalue weighted by atomic mass is 10.0. The topological polar surface area (TPSA) is 41.6 Å². The largest absolute Gasteiger partial charge is 0.497 e. The molecular formula is C16H25ClN2O2. The molecule has 118 valence electrons. The monoisotopic (exact) mass is 312 g/mol. The molecule has 2 rings (SSSR count). The first kappa shape index (κ1) is 17.8. The van der Waals surface area contributed by atoms with Crippen molar-refractivity contribution < 1.29 is 9.53 Å². The summed E-state index contributed by atoms with van der Waals surface area (Å²) in [6.45, 7) is 4.39. The van der Waals surface area contributed by atoms with Gasteiger partial charge in [-0.2, -0.15) is 0 Å². The van der Waals surface area contributed by atoms with Crippen molar-refractivity contribution in [2.24, 2.45) is 0 Å². The van der Waals surface area contributed by atoms with Gasteiger partial charge in [-0.3, -0.25) is 4.79 Å². The van der Waals surface area contributed by atoms with E-state index in [9.17, 15) is 4.79 Å².